The van der Waals surface area contributed by atoms with E-state index in [9.17, 15) is 0 Å². The Kier molecular flexibility index (Phi) is 4.91. The molecule has 3 unspecified atom stereocenters. The molecule has 2 fully saturated rings. The molecule has 6 nitrogen and oxygen atoms in total. The number of fused-ring (bicyclic) bond motifs is 1. The topological polar surface area (TPSA) is 63.5 Å². The molecular formula is C21H29N5O. The summed E-state index contributed by atoms with van der Waals surface area (Å²) in [5.41, 5.74) is 2.65. The molecule has 0 bridgehead atoms. The SMILES string of the molecule is CN=C(NCc1ccccc1Cn1cccn1)NC1C2CCOC2C1(C)C. The van der Waals surface area contributed by atoms with Crippen LogP contribution in [-0.4, -0.2) is 41.5 Å². The van der Waals surface area contributed by atoms with E-state index in [1.54, 1.807) is 0 Å². The first-order chi connectivity index (χ1) is 13.1. The second-order valence-corrected chi connectivity index (χ2v) is 8.09. The highest BCUT2D eigenvalue weighted by molar-refractivity contribution is 5.80. The molecule has 0 amide bonds. The largest absolute Gasteiger partial charge is 0.377 e. The predicted molar refractivity (Wildman–Crippen MR) is 107 cm³/mol. The van der Waals surface area contributed by atoms with E-state index >= 15 is 0 Å². The number of nitrogens with zero attached hydrogens (tertiary/aromatic N) is 3. The number of hydrogen-bond acceptors (Lipinski definition) is 3. The highest BCUT2D eigenvalue weighted by atomic mass is 16.5. The van der Waals surface area contributed by atoms with E-state index < -0.39 is 0 Å². The van der Waals surface area contributed by atoms with Crippen LogP contribution in [0.2, 0.25) is 0 Å². The highest BCUT2D eigenvalue weighted by Gasteiger charge is 2.59. The zero-order valence-electron chi connectivity index (χ0n) is 16.4. The summed E-state index contributed by atoms with van der Waals surface area (Å²) in [6, 6.07) is 10.8. The van der Waals surface area contributed by atoms with Gasteiger partial charge in [0.05, 0.1) is 12.6 Å². The van der Waals surface area contributed by atoms with Crippen molar-refractivity contribution in [2.45, 2.75) is 45.5 Å². The second-order valence-electron chi connectivity index (χ2n) is 8.09. The van der Waals surface area contributed by atoms with Gasteiger partial charge >= 0.3 is 0 Å². The molecule has 2 N–H and O–H groups in total. The Morgan fingerprint density at radius 1 is 1.30 bits per heavy atom. The zero-order chi connectivity index (χ0) is 18.9. The molecule has 0 radical (unpaired) electrons. The Balaban J connectivity index is 1.39. The van der Waals surface area contributed by atoms with Crippen molar-refractivity contribution in [3.8, 4) is 0 Å². The molecule has 6 heteroatoms. The lowest BCUT2D eigenvalue weighted by Crippen LogP contribution is -2.67. The summed E-state index contributed by atoms with van der Waals surface area (Å²) in [5, 5.41) is 11.4. The lowest BCUT2D eigenvalue weighted by atomic mass is 9.57. The van der Waals surface area contributed by atoms with Crippen LogP contribution in [0.25, 0.3) is 0 Å². The maximum absolute atomic E-state index is 5.90. The van der Waals surface area contributed by atoms with Gasteiger partial charge in [0.15, 0.2) is 5.96 Å². The molecule has 1 aliphatic heterocycles. The van der Waals surface area contributed by atoms with Gasteiger partial charge in [-0.15, -0.1) is 0 Å². The van der Waals surface area contributed by atoms with Crippen molar-refractivity contribution in [3.63, 3.8) is 0 Å². The van der Waals surface area contributed by atoms with Crippen LogP contribution < -0.4 is 10.6 Å². The van der Waals surface area contributed by atoms with Gasteiger partial charge in [-0.25, -0.2) is 0 Å². The van der Waals surface area contributed by atoms with Crippen LogP contribution >= 0.6 is 0 Å². The quantitative estimate of drug-likeness (QED) is 0.629. The molecule has 1 saturated carbocycles. The number of rotatable bonds is 5. The summed E-state index contributed by atoms with van der Waals surface area (Å²) >= 11 is 0. The van der Waals surface area contributed by atoms with Gasteiger partial charge in [-0.05, 0) is 23.6 Å². The third-order valence-corrected chi connectivity index (χ3v) is 6.07. The van der Waals surface area contributed by atoms with E-state index in [4.69, 9.17) is 4.74 Å². The minimum Gasteiger partial charge on any atom is -0.377 e. The normalized spacial score (nSPS) is 26.3. The number of nitrogens with one attached hydrogen (secondary N) is 2. The first kappa shape index (κ1) is 18.0. The van der Waals surface area contributed by atoms with Crippen molar-refractivity contribution >= 4 is 5.96 Å². The molecule has 2 aliphatic rings. The molecule has 1 saturated heterocycles. The van der Waals surface area contributed by atoms with Crippen LogP contribution in [0, 0.1) is 11.3 Å². The van der Waals surface area contributed by atoms with E-state index in [-0.39, 0.29) is 5.41 Å². The lowest BCUT2D eigenvalue weighted by Gasteiger charge is -2.54. The number of guanidine groups is 1. The minimum atomic E-state index is 0.136. The first-order valence-electron chi connectivity index (χ1n) is 9.72. The van der Waals surface area contributed by atoms with Crippen LogP contribution in [0.15, 0.2) is 47.7 Å². The number of ether oxygens (including phenoxy) is 1. The minimum absolute atomic E-state index is 0.136. The lowest BCUT2D eigenvalue weighted by molar-refractivity contribution is -0.106. The summed E-state index contributed by atoms with van der Waals surface area (Å²) in [6.45, 7) is 6.94. The monoisotopic (exact) mass is 367 g/mol. The van der Waals surface area contributed by atoms with Gasteiger partial charge in [-0.1, -0.05) is 38.1 Å². The summed E-state index contributed by atoms with van der Waals surface area (Å²) in [7, 11) is 1.83. The second kappa shape index (κ2) is 7.35. The maximum atomic E-state index is 5.90. The van der Waals surface area contributed by atoms with Crippen molar-refractivity contribution in [3.05, 3.63) is 53.9 Å². The van der Waals surface area contributed by atoms with Gasteiger partial charge < -0.3 is 15.4 Å². The average Bonchev–Trinajstić information content (AvgIpc) is 3.33. The fourth-order valence-electron chi connectivity index (χ4n) is 4.59. The van der Waals surface area contributed by atoms with E-state index in [2.05, 4.69) is 58.8 Å². The Morgan fingerprint density at radius 2 is 2.11 bits per heavy atom. The summed E-state index contributed by atoms with van der Waals surface area (Å²) in [4.78, 5) is 4.45. The molecule has 1 aromatic carbocycles. The Morgan fingerprint density at radius 3 is 2.85 bits per heavy atom. The third kappa shape index (κ3) is 3.46. The first-order valence-corrected chi connectivity index (χ1v) is 9.72. The van der Waals surface area contributed by atoms with E-state index in [1.165, 1.54) is 11.1 Å². The number of benzene rings is 1. The van der Waals surface area contributed by atoms with Crippen molar-refractivity contribution in [1.82, 2.24) is 20.4 Å². The number of aromatic nitrogens is 2. The predicted octanol–water partition coefficient (Wildman–Crippen LogP) is 2.41. The maximum Gasteiger partial charge on any atom is 0.191 e. The molecule has 0 spiro atoms. The van der Waals surface area contributed by atoms with Crippen LogP contribution in [0.3, 0.4) is 0 Å². The van der Waals surface area contributed by atoms with E-state index in [0.717, 1.165) is 32.1 Å². The standard InChI is InChI=1S/C21H29N5O/c1-21(2)18(17-9-12-27-19(17)21)25-20(22-3)23-13-15-7-4-5-8-16(15)14-26-11-6-10-24-26/h4-8,10-11,17-19H,9,12-14H2,1-3H3,(H2,22,23,25). The summed E-state index contributed by atoms with van der Waals surface area (Å²) in [5.74, 6) is 1.44. The molecule has 3 atom stereocenters. The molecular weight excluding hydrogens is 338 g/mol. The smallest absolute Gasteiger partial charge is 0.191 e. The molecule has 2 heterocycles. The molecule has 1 aromatic heterocycles. The molecule has 27 heavy (non-hydrogen) atoms. The van der Waals surface area contributed by atoms with Gasteiger partial charge in [0, 0.05) is 50.0 Å². The van der Waals surface area contributed by atoms with Crippen LogP contribution in [0.5, 0.6) is 0 Å². The molecule has 4 rings (SSSR count). The van der Waals surface area contributed by atoms with Crippen LogP contribution in [0.4, 0.5) is 0 Å². The van der Waals surface area contributed by atoms with Crippen molar-refractivity contribution in [1.29, 1.82) is 0 Å². The van der Waals surface area contributed by atoms with Gasteiger partial charge in [0.25, 0.3) is 0 Å². The van der Waals surface area contributed by atoms with Crippen molar-refractivity contribution in [2.75, 3.05) is 13.7 Å². The Hall–Kier alpha value is -2.34. The van der Waals surface area contributed by atoms with Gasteiger partial charge in [0.1, 0.15) is 0 Å². The molecule has 144 valence electrons. The number of hydrogen-bond donors (Lipinski definition) is 2. The van der Waals surface area contributed by atoms with Gasteiger partial charge in [0.2, 0.25) is 0 Å². The zero-order valence-corrected chi connectivity index (χ0v) is 16.4. The van der Waals surface area contributed by atoms with Crippen molar-refractivity contribution in [2.24, 2.45) is 16.3 Å². The van der Waals surface area contributed by atoms with E-state index in [0.29, 0.717) is 18.1 Å². The Labute approximate surface area is 161 Å². The van der Waals surface area contributed by atoms with Gasteiger partial charge in [-0.3, -0.25) is 9.67 Å². The average molecular weight is 367 g/mol. The summed E-state index contributed by atoms with van der Waals surface area (Å²) in [6.07, 6.45) is 5.31. The fraction of sp³-hybridized carbons (Fsp3) is 0.524. The fourth-order valence-corrected chi connectivity index (χ4v) is 4.59. The van der Waals surface area contributed by atoms with E-state index in [1.807, 2.05) is 30.2 Å². The number of aliphatic imine (C=N–C) groups is 1. The van der Waals surface area contributed by atoms with Gasteiger partial charge in [-0.2, -0.15) is 5.10 Å². The highest BCUT2D eigenvalue weighted by Crippen LogP contribution is 2.52. The van der Waals surface area contributed by atoms with Crippen LogP contribution in [-0.2, 0) is 17.8 Å². The third-order valence-electron chi connectivity index (χ3n) is 6.07. The summed E-state index contributed by atoms with van der Waals surface area (Å²) < 4.78 is 7.85. The molecule has 2 aromatic rings. The Bertz CT molecular complexity index is 799. The molecule has 1 aliphatic carbocycles. The van der Waals surface area contributed by atoms with Crippen molar-refractivity contribution < 1.29 is 4.74 Å². The van der Waals surface area contributed by atoms with Crippen LogP contribution in [0.1, 0.15) is 31.4 Å².